The van der Waals surface area contributed by atoms with E-state index in [2.05, 4.69) is 30.5 Å². The van der Waals surface area contributed by atoms with Crippen LogP contribution in [-0.2, 0) is 0 Å². The van der Waals surface area contributed by atoms with Crippen LogP contribution in [0.1, 0.15) is 31.4 Å². The van der Waals surface area contributed by atoms with E-state index in [1.54, 1.807) is 30.7 Å². The molecule has 1 fully saturated rings. The molecule has 1 unspecified atom stereocenters. The Labute approximate surface area is 186 Å². The largest absolute Gasteiger partial charge is 0.393 e. The first-order valence-electron chi connectivity index (χ1n) is 10.6. The van der Waals surface area contributed by atoms with Gasteiger partial charge in [0.15, 0.2) is 0 Å². The highest BCUT2D eigenvalue weighted by molar-refractivity contribution is 5.65. The molecular weight excluding hydrogens is 411 g/mol. The molecule has 0 radical (unpaired) electrons. The van der Waals surface area contributed by atoms with E-state index >= 15 is 0 Å². The highest BCUT2D eigenvalue weighted by Gasteiger charge is 2.31. The van der Waals surface area contributed by atoms with Crippen LogP contribution in [-0.4, -0.2) is 50.5 Å². The van der Waals surface area contributed by atoms with Crippen LogP contribution in [0, 0.1) is 5.82 Å². The lowest BCUT2D eigenvalue weighted by molar-refractivity contribution is -0.0325. The molecule has 0 spiro atoms. The molecular formula is C23H27FN6O2. The van der Waals surface area contributed by atoms with Crippen molar-refractivity contribution >= 4 is 23.1 Å². The molecule has 4 N–H and O–H groups in total. The van der Waals surface area contributed by atoms with Crippen molar-refractivity contribution in [2.45, 2.75) is 31.4 Å². The summed E-state index contributed by atoms with van der Waals surface area (Å²) < 4.78 is 13.3. The summed E-state index contributed by atoms with van der Waals surface area (Å²) in [6.45, 7) is 2.97. The first-order valence-corrected chi connectivity index (χ1v) is 10.6. The summed E-state index contributed by atoms with van der Waals surface area (Å²) in [5.74, 6) is 1.54. The lowest BCUT2D eigenvalue weighted by atomic mass is 9.92. The molecule has 3 heterocycles. The first-order chi connectivity index (χ1) is 15.4. The third-order valence-electron chi connectivity index (χ3n) is 5.72. The third kappa shape index (κ3) is 5.30. The van der Waals surface area contributed by atoms with Crippen molar-refractivity contribution in [3.63, 3.8) is 0 Å². The molecule has 0 bridgehead atoms. The monoisotopic (exact) mass is 438 g/mol. The van der Waals surface area contributed by atoms with Gasteiger partial charge in [0.25, 0.3) is 0 Å². The number of hydrogen-bond acceptors (Lipinski definition) is 8. The summed E-state index contributed by atoms with van der Waals surface area (Å²) in [6, 6.07) is 10.1. The normalized spacial score (nSPS) is 16.4. The van der Waals surface area contributed by atoms with Gasteiger partial charge in [0.2, 0.25) is 0 Å². The molecule has 1 atom stereocenters. The van der Waals surface area contributed by atoms with Gasteiger partial charge < -0.3 is 25.7 Å². The summed E-state index contributed by atoms with van der Waals surface area (Å²) in [7, 11) is 0. The van der Waals surface area contributed by atoms with E-state index < -0.39 is 5.60 Å². The van der Waals surface area contributed by atoms with Crippen molar-refractivity contribution in [3.05, 3.63) is 66.4 Å². The number of nitrogens with one attached hydrogen (secondary N) is 2. The van der Waals surface area contributed by atoms with E-state index in [9.17, 15) is 14.6 Å². The summed E-state index contributed by atoms with van der Waals surface area (Å²) in [5, 5.41) is 26.4. The Morgan fingerprint density at radius 2 is 1.81 bits per heavy atom. The van der Waals surface area contributed by atoms with Gasteiger partial charge in [0.1, 0.15) is 23.3 Å². The van der Waals surface area contributed by atoms with Gasteiger partial charge in [-0.05, 0) is 37.5 Å². The van der Waals surface area contributed by atoms with Gasteiger partial charge >= 0.3 is 0 Å². The Bertz CT molecular complexity index is 1030. The number of aromatic nitrogens is 3. The van der Waals surface area contributed by atoms with Gasteiger partial charge in [-0.1, -0.05) is 12.1 Å². The van der Waals surface area contributed by atoms with Crippen molar-refractivity contribution in [2.24, 2.45) is 0 Å². The summed E-state index contributed by atoms with van der Waals surface area (Å²) in [6.07, 6.45) is 5.77. The fraction of sp³-hybridized carbons (Fsp3) is 0.348. The van der Waals surface area contributed by atoms with Crippen LogP contribution in [0.15, 0.2) is 55.0 Å². The number of aliphatic hydroxyl groups excluding tert-OH is 1. The van der Waals surface area contributed by atoms with Crippen molar-refractivity contribution in [1.29, 1.82) is 0 Å². The van der Waals surface area contributed by atoms with Gasteiger partial charge in [-0.2, -0.15) is 0 Å². The lowest BCUT2D eigenvalue weighted by Crippen LogP contribution is -2.46. The maximum atomic E-state index is 13.3. The molecule has 2 aromatic heterocycles. The van der Waals surface area contributed by atoms with Crippen molar-refractivity contribution in [1.82, 2.24) is 15.0 Å². The molecule has 4 rings (SSSR count). The number of rotatable bonds is 7. The van der Waals surface area contributed by atoms with E-state index in [1.807, 2.05) is 19.1 Å². The average Bonchev–Trinajstić information content (AvgIpc) is 2.80. The Hall–Kier alpha value is -3.30. The average molecular weight is 439 g/mol. The molecule has 0 saturated carbocycles. The Balaban J connectivity index is 1.59. The zero-order valence-corrected chi connectivity index (χ0v) is 17.9. The quantitative estimate of drug-likeness (QED) is 0.445. The maximum absolute atomic E-state index is 13.3. The van der Waals surface area contributed by atoms with Gasteiger partial charge in [0.05, 0.1) is 18.4 Å². The van der Waals surface area contributed by atoms with Crippen LogP contribution in [0.2, 0.25) is 0 Å². The second-order valence-electron chi connectivity index (χ2n) is 8.10. The first kappa shape index (κ1) is 21.9. The number of hydrogen-bond donors (Lipinski definition) is 4. The van der Waals surface area contributed by atoms with Gasteiger partial charge in [-0.15, -0.1) is 0 Å². The van der Waals surface area contributed by atoms with E-state index in [-0.39, 0.29) is 18.5 Å². The molecule has 1 saturated heterocycles. The van der Waals surface area contributed by atoms with Crippen LogP contribution in [0.3, 0.4) is 0 Å². The van der Waals surface area contributed by atoms with Gasteiger partial charge in [0, 0.05) is 49.3 Å². The smallest absolute Gasteiger partial charge is 0.150 e. The summed E-state index contributed by atoms with van der Waals surface area (Å²) in [4.78, 5) is 15.1. The molecule has 1 aliphatic rings. The number of nitrogens with zero attached hydrogens (tertiary/aromatic N) is 4. The minimum Gasteiger partial charge on any atom is -0.393 e. The standard InChI is InChI=1S/C23H27FN6O2/c1-16(17-2-4-18(24)5-3-17)27-20-12-19(30-10-6-23(32,15-31)7-11-30)13-21(28-20)29-22-14-25-8-9-26-22/h2-5,8-9,12-14,16,31-32H,6-7,10-11,15H2,1H3,(H2,26,27,28,29). The number of anilines is 4. The number of halogens is 1. The second-order valence-corrected chi connectivity index (χ2v) is 8.10. The molecule has 1 aromatic carbocycles. The van der Waals surface area contributed by atoms with Gasteiger partial charge in [-0.3, -0.25) is 4.98 Å². The maximum Gasteiger partial charge on any atom is 0.150 e. The van der Waals surface area contributed by atoms with Crippen LogP contribution in [0.25, 0.3) is 0 Å². The van der Waals surface area contributed by atoms with Crippen LogP contribution >= 0.6 is 0 Å². The molecule has 0 amide bonds. The van der Waals surface area contributed by atoms with E-state index in [0.717, 1.165) is 11.3 Å². The number of aliphatic hydroxyl groups is 2. The zero-order valence-electron chi connectivity index (χ0n) is 17.9. The minimum atomic E-state index is -1.03. The predicted molar refractivity (Wildman–Crippen MR) is 121 cm³/mol. The number of piperidine rings is 1. The summed E-state index contributed by atoms with van der Waals surface area (Å²) >= 11 is 0. The molecule has 32 heavy (non-hydrogen) atoms. The highest BCUT2D eigenvalue weighted by Crippen LogP contribution is 2.31. The van der Waals surface area contributed by atoms with Crippen molar-refractivity contribution < 1.29 is 14.6 Å². The fourth-order valence-corrected chi connectivity index (χ4v) is 3.73. The van der Waals surface area contributed by atoms with E-state index in [1.165, 1.54) is 12.1 Å². The lowest BCUT2D eigenvalue weighted by Gasteiger charge is -2.38. The molecule has 0 aliphatic carbocycles. The predicted octanol–water partition coefficient (Wildman–Crippen LogP) is 3.25. The second kappa shape index (κ2) is 9.46. The van der Waals surface area contributed by atoms with E-state index in [0.29, 0.717) is 43.4 Å². The number of benzene rings is 1. The topological polar surface area (TPSA) is 106 Å². The molecule has 168 valence electrons. The highest BCUT2D eigenvalue weighted by atomic mass is 19.1. The molecule has 8 nitrogen and oxygen atoms in total. The van der Waals surface area contributed by atoms with E-state index in [4.69, 9.17) is 0 Å². The molecule has 3 aromatic rings. The third-order valence-corrected chi connectivity index (χ3v) is 5.72. The Morgan fingerprint density at radius 1 is 1.09 bits per heavy atom. The minimum absolute atomic E-state index is 0.0939. The SMILES string of the molecule is CC(Nc1cc(N2CCC(O)(CO)CC2)cc(Nc2cnccn2)n1)c1ccc(F)cc1. The van der Waals surface area contributed by atoms with Crippen LogP contribution < -0.4 is 15.5 Å². The van der Waals surface area contributed by atoms with Crippen LogP contribution in [0.5, 0.6) is 0 Å². The Morgan fingerprint density at radius 3 is 2.47 bits per heavy atom. The fourth-order valence-electron chi connectivity index (χ4n) is 3.73. The zero-order chi connectivity index (χ0) is 22.6. The molecule has 1 aliphatic heterocycles. The van der Waals surface area contributed by atoms with Crippen molar-refractivity contribution in [3.8, 4) is 0 Å². The van der Waals surface area contributed by atoms with Gasteiger partial charge in [-0.25, -0.2) is 14.4 Å². The Kier molecular flexibility index (Phi) is 6.48. The summed E-state index contributed by atoms with van der Waals surface area (Å²) in [5.41, 5.74) is 0.843. The number of pyridine rings is 1. The van der Waals surface area contributed by atoms with Crippen molar-refractivity contribution in [2.75, 3.05) is 35.2 Å². The molecule has 9 heteroatoms. The van der Waals surface area contributed by atoms with Crippen LogP contribution in [0.4, 0.5) is 27.5 Å².